The molecule has 0 aromatic heterocycles. The van der Waals surface area contributed by atoms with Gasteiger partial charge in [0.15, 0.2) is 0 Å². The van der Waals surface area contributed by atoms with Crippen molar-refractivity contribution in [1.29, 1.82) is 0 Å². The fraction of sp³-hybridized carbons (Fsp3) is 0.533. The van der Waals surface area contributed by atoms with Crippen molar-refractivity contribution in [3.05, 3.63) is 28.3 Å². The van der Waals surface area contributed by atoms with Crippen LogP contribution in [0, 0.1) is 18.3 Å². The largest absolute Gasteiger partial charge is 0.481 e. The Morgan fingerprint density at radius 1 is 1.37 bits per heavy atom. The monoisotopic (exact) mass is 283 g/mol. The third-order valence-electron chi connectivity index (χ3n) is 3.66. The van der Waals surface area contributed by atoms with Gasteiger partial charge in [-0.3, -0.25) is 4.79 Å². The minimum atomic E-state index is -0.798. The Balaban J connectivity index is 3.43. The third-order valence-corrected chi connectivity index (χ3v) is 3.99. The van der Waals surface area contributed by atoms with E-state index >= 15 is 0 Å². The van der Waals surface area contributed by atoms with E-state index < -0.39 is 11.9 Å². The lowest BCUT2D eigenvalue weighted by Gasteiger charge is -2.35. The molecule has 0 amide bonds. The van der Waals surface area contributed by atoms with Crippen LogP contribution in [0.25, 0.3) is 0 Å². The number of aliphatic carboxylic acids is 1. The smallest absolute Gasteiger partial charge is 0.306 e. The molecule has 19 heavy (non-hydrogen) atoms. The van der Waals surface area contributed by atoms with Crippen LogP contribution in [0.4, 0.5) is 5.69 Å². The molecule has 2 atom stereocenters. The van der Waals surface area contributed by atoms with E-state index in [9.17, 15) is 9.90 Å². The Hall–Kier alpha value is -1.22. The van der Waals surface area contributed by atoms with Gasteiger partial charge in [-0.25, -0.2) is 0 Å². The molecule has 0 spiro atoms. The summed E-state index contributed by atoms with van der Waals surface area (Å²) in [6, 6.07) is 3.63. The van der Waals surface area contributed by atoms with Gasteiger partial charge in [0.1, 0.15) is 0 Å². The summed E-state index contributed by atoms with van der Waals surface area (Å²) in [5, 5.41) is 9.85. The molecule has 0 aliphatic rings. The highest BCUT2D eigenvalue weighted by Crippen LogP contribution is 2.44. The van der Waals surface area contributed by atoms with Gasteiger partial charge in [0.05, 0.1) is 16.6 Å². The summed E-state index contributed by atoms with van der Waals surface area (Å²) < 4.78 is 0. The molecule has 0 radical (unpaired) electrons. The minimum absolute atomic E-state index is 0.121. The molecular formula is C15H22ClNO2. The zero-order chi connectivity index (χ0) is 15.0. The summed E-state index contributed by atoms with van der Waals surface area (Å²) in [6.07, 6.45) is 0. The van der Waals surface area contributed by atoms with Crippen LogP contribution in [0.2, 0.25) is 5.02 Å². The molecule has 3 N–H and O–H groups in total. The van der Waals surface area contributed by atoms with Gasteiger partial charge in [-0.2, -0.15) is 0 Å². The van der Waals surface area contributed by atoms with Gasteiger partial charge in [0.25, 0.3) is 0 Å². The fourth-order valence-corrected chi connectivity index (χ4v) is 2.88. The zero-order valence-corrected chi connectivity index (χ0v) is 12.9. The number of anilines is 1. The van der Waals surface area contributed by atoms with E-state index in [2.05, 4.69) is 0 Å². The summed E-state index contributed by atoms with van der Waals surface area (Å²) >= 11 is 6.01. The second-order valence-corrected chi connectivity index (χ2v) is 6.55. The fourth-order valence-electron chi connectivity index (χ4n) is 2.68. The highest BCUT2D eigenvalue weighted by molar-refractivity contribution is 6.33. The Kier molecular flexibility index (Phi) is 4.51. The van der Waals surface area contributed by atoms with Crippen molar-refractivity contribution in [2.75, 3.05) is 5.73 Å². The second-order valence-electron chi connectivity index (χ2n) is 6.15. The first kappa shape index (κ1) is 15.8. The molecule has 0 saturated heterocycles. The molecule has 1 aromatic rings. The van der Waals surface area contributed by atoms with Gasteiger partial charge < -0.3 is 10.8 Å². The lowest BCUT2D eigenvalue weighted by molar-refractivity contribution is -0.143. The molecular weight excluding hydrogens is 262 g/mol. The van der Waals surface area contributed by atoms with Gasteiger partial charge in [-0.15, -0.1) is 0 Å². The van der Waals surface area contributed by atoms with Crippen LogP contribution in [0.5, 0.6) is 0 Å². The summed E-state index contributed by atoms with van der Waals surface area (Å²) in [6.45, 7) is 9.76. The molecule has 3 nitrogen and oxygen atoms in total. The minimum Gasteiger partial charge on any atom is -0.481 e. The summed E-state index contributed by atoms with van der Waals surface area (Å²) in [4.78, 5) is 11.4. The van der Waals surface area contributed by atoms with Crippen LogP contribution in [0.1, 0.15) is 44.7 Å². The lowest BCUT2D eigenvalue weighted by atomic mass is 9.69. The van der Waals surface area contributed by atoms with E-state index in [1.807, 2.05) is 33.8 Å². The average molecular weight is 284 g/mol. The van der Waals surface area contributed by atoms with Gasteiger partial charge in [0, 0.05) is 5.92 Å². The standard InChI is InChI=1S/C15H22ClNO2/c1-8-10(6-7-11(16)13(8)17)12(15(3,4)5)9(2)14(18)19/h6-7,9,12H,17H2,1-5H3,(H,18,19)/t9-,12?/m0/s1. The van der Waals surface area contributed by atoms with Crippen molar-refractivity contribution in [3.63, 3.8) is 0 Å². The Morgan fingerprint density at radius 2 is 1.89 bits per heavy atom. The van der Waals surface area contributed by atoms with E-state index in [1.165, 1.54) is 0 Å². The van der Waals surface area contributed by atoms with Crippen molar-refractivity contribution < 1.29 is 9.90 Å². The maximum absolute atomic E-state index is 11.4. The highest BCUT2D eigenvalue weighted by Gasteiger charge is 2.36. The van der Waals surface area contributed by atoms with Gasteiger partial charge in [-0.1, -0.05) is 45.4 Å². The molecule has 1 unspecified atom stereocenters. The predicted molar refractivity (Wildman–Crippen MR) is 79.6 cm³/mol. The molecule has 0 bridgehead atoms. The number of benzene rings is 1. The number of rotatable bonds is 3. The maximum atomic E-state index is 11.4. The molecule has 0 aliphatic heterocycles. The van der Waals surface area contributed by atoms with E-state index in [4.69, 9.17) is 17.3 Å². The quantitative estimate of drug-likeness (QED) is 0.822. The molecule has 0 fully saturated rings. The van der Waals surface area contributed by atoms with Crippen molar-refractivity contribution in [2.24, 2.45) is 11.3 Å². The molecule has 0 heterocycles. The number of halogens is 1. The number of carboxylic acids is 1. The van der Waals surface area contributed by atoms with Crippen LogP contribution in [0.3, 0.4) is 0 Å². The van der Waals surface area contributed by atoms with Crippen molar-refractivity contribution in [1.82, 2.24) is 0 Å². The average Bonchev–Trinajstić information content (AvgIpc) is 2.27. The number of nitrogens with two attached hydrogens (primary N) is 1. The predicted octanol–water partition coefficient (Wildman–Crippen LogP) is 4.08. The van der Waals surface area contributed by atoms with Crippen LogP contribution < -0.4 is 5.73 Å². The number of carboxylic acid groups (broad SMARTS) is 1. The molecule has 1 rings (SSSR count). The maximum Gasteiger partial charge on any atom is 0.306 e. The van der Waals surface area contributed by atoms with Crippen LogP contribution in [-0.4, -0.2) is 11.1 Å². The Bertz CT molecular complexity index is 492. The van der Waals surface area contributed by atoms with E-state index in [1.54, 1.807) is 13.0 Å². The second kappa shape index (κ2) is 5.41. The molecule has 1 aromatic carbocycles. The Labute approximate surface area is 119 Å². The first-order valence-corrected chi connectivity index (χ1v) is 6.72. The normalized spacial score (nSPS) is 15.1. The van der Waals surface area contributed by atoms with Gasteiger partial charge >= 0.3 is 5.97 Å². The lowest BCUT2D eigenvalue weighted by Crippen LogP contribution is -2.30. The van der Waals surface area contributed by atoms with Crippen LogP contribution in [0.15, 0.2) is 12.1 Å². The first-order valence-electron chi connectivity index (χ1n) is 6.34. The van der Waals surface area contributed by atoms with E-state index in [0.717, 1.165) is 11.1 Å². The topological polar surface area (TPSA) is 63.3 Å². The van der Waals surface area contributed by atoms with Gasteiger partial charge in [-0.05, 0) is 29.5 Å². The molecule has 4 heteroatoms. The summed E-state index contributed by atoms with van der Waals surface area (Å²) in [5.41, 5.74) is 8.15. The third kappa shape index (κ3) is 3.21. The van der Waals surface area contributed by atoms with E-state index in [0.29, 0.717) is 10.7 Å². The first-order chi connectivity index (χ1) is 8.57. The van der Waals surface area contributed by atoms with Crippen molar-refractivity contribution in [3.8, 4) is 0 Å². The summed E-state index contributed by atoms with van der Waals surface area (Å²) in [5.74, 6) is -1.41. The van der Waals surface area contributed by atoms with Crippen LogP contribution in [-0.2, 0) is 4.79 Å². The van der Waals surface area contributed by atoms with Crippen LogP contribution >= 0.6 is 11.6 Å². The van der Waals surface area contributed by atoms with E-state index in [-0.39, 0.29) is 11.3 Å². The Morgan fingerprint density at radius 3 is 2.32 bits per heavy atom. The zero-order valence-electron chi connectivity index (χ0n) is 12.1. The number of nitrogen functional groups attached to an aromatic ring is 1. The highest BCUT2D eigenvalue weighted by atomic mass is 35.5. The van der Waals surface area contributed by atoms with Gasteiger partial charge in [0.2, 0.25) is 0 Å². The number of carbonyl (C=O) groups is 1. The number of hydrogen-bond acceptors (Lipinski definition) is 2. The molecule has 106 valence electrons. The SMILES string of the molecule is Cc1c(C([C@H](C)C(=O)O)C(C)(C)C)ccc(Cl)c1N. The van der Waals surface area contributed by atoms with Crippen molar-refractivity contribution in [2.45, 2.75) is 40.5 Å². The number of hydrogen-bond donors (Lipinski definition) is 2. The van der Waals surface area contributed by atoms with Crippen molar-refractivity contribution >= 4 is 23.3 Å². The summed E-state index contributed by atoms with van der Waals surface area (Å²) in [7, 11) is 0. The molecule has 0 aliphatic carbocycles. The molecule has 0 saturated carbocycles.